The number of aromatic nitrogens is 1. The molecule has 1 aliphatic heterocycles. The molecule has 1 fully saturated rings. The molecule has 1 atom stereocenters. The van der Waals surface area contributed by atoms with Crippen LogP contribution in [0.2, 0.25) is 0 Å². The lowest BCUT2D eigenvalue weighted by Crippen LogP contribution is -2.33. The average molecular weight is 461 g/mol. The van der Waals surface area contributed by atoms with Crippen molar-refractivity contribution in [1.29, 1.82) is 0 Å². The number of halogens is 3. The molecule has 0 N–H and O–H groups in total. The Kier molecular flexibility index (Phi) is 5.72. The lowest BCUT2D eigenvalue weighted by molar-refractivity contribution is -0.119. The van der Waals surface area contributed by atoms with E-state index < -0.39 is 23.5 Å². The predicted molar refractivity (Wildman–Crippen MR) is 115 cm³/mol. The maximum Gasteiger partial charge on any atom is 0.446 e. The second-order valence-corrected chi connectivity index (χ2v) is 8.29. The number of rotatable bonds is 5. The summed E-state index contributed by atoms with van der Waals surface area (Å²) < 4.78 is 42.9. The van der Waals surface area contributed by atoms with Gasteiger partial charge in [0.05, 0.1) is 18.3 Å². The highest BCUT2D eigenvalue weighted by atomic mass is 32.2. The highest BCUT2D eigenvalue weighted by Gasteiger charge is 2.43. The summed E-state index contributed by atoms with van der Waals surface area (Å²) in [7, 11) is 1.56. The van der Waals surface area contributed by atoms with Crippen molar-refractivity contribution >= 4 is 40.3 Å². The zero-order chi connectivity index (χ0) is 23.0. The van der Waals surface area contributed by atoms with Crippen molar-refractivity contribution in [2.45, 2.75) is 29.9 Å². The molecule has 3 amide bonds. The average Bonchev–Trinajstić information content (AvgIpc) is 2.96. The van der Waals surface area contributed by atoms with Crippen molar-refractivity contribution in [3.63, 3.8) is 0 Å². The zero-order valence-electron chi connectivity index (χ0n) is 17.1. The molecule has 1 aromatic heterocycles. The standard InChI is InChI=1S/C22H18F3N3O3S/c1-13-20(29)28(15-3-6-17(7-4-15)32-22(23,24)25)21(30)27(13)12-14-9-10-26-19-11-16(31-2)5-8-18(14)19/h3-11,13H,12H2,1-2H3. The molecule has 0 saturated carbocycles. The van der Waals surface area contributed by atoms with Gasteiger partial charge in [-0.3, -0.25) is 9.78 Å². The normalized spacial score (nSPS) is 16.8. The number of carbonyl (C=O) groups excluding carboxylic acids is 2. The molecule has 3 aromatic rings. The number of fused-ring (bicyclic) bond motifs is 1. The van der Waals surface area contributed by atoms with Crippen molar-refractivity contribution in [3.8, 4) is 5.75 Å². The second kappa shape index (κ2) is 8.34. The molecular formula is C22H18F3N3O3S. The van der Waals surface area contributed by atoms with Crippen LogP contribution in [0.4, 0.5) is 23.7 Å². The summed E-state index contributed by atoms with van der Waals surface area (Å²) in [5.41, 5.74) is -2.68. The Labute approximate surface area is 186 Å². The van der Waals surface area contributed by atoms with Gasteiger partial charge in [0, 0.05) is 29.1 Å². The first-order valence-electron chi connectivity index (χ1n) is 9.60. The first-order chi connectivity index (χ1) is 15.2. The number of hydrogen-bond donors (Lipinski definition) is 0. The summed E-state index contributed by atoms with van der Waals surface area (Å²) in [5, 5.41) is 0.827. The van der Waals surface area contributed by atoms with Crippen LogP contribution in [0, 0.1) is 0 Å². The number of pyridine rings is 1. The highest BCUT2D eigenvalue weighted by molar-refractivity contribution is 8.00. The lowest BCUT2D eigenvalue weighted by Gasteiger charge is -2.20. The van der Waals surface area contributed by atoms with Gasteiger partial charge in [-0.2, -0.15) is 13.2 Å². The van der Waals surface area contributed by atoms with Crippen molar-refractivity contribution in [2.75, 3.05) is 12.0 Å². The molecule has 4 rings (SSSR count). The Morgan fingerprint density at radius 3 is 2.47 bits per heavy atom. The van der Waals surface area contributed by atoms with E-state index in [2.05, 4.69) is 4.98 Å². The minimum absolute atomic E-state index is 0.0241. The third kappa shape index (κ3) is 4.22. The number of imide groups is 1. The molecule has 6 nitrogen and oxygen atoms in total. The van der Waals surface area contributed by atoms with Gasteiger partial charge in [0.15, 0.2) is 0 Å². The van der Waals surface area contributed by atoms with Gasteiger partial charge in [0.25, 0.3) is 5.91 Å². The van der Waals surface area contributed by atoms with Gasteiger partial charge in [0.2, 0.25) is 0 Å². The summed E-state index contributed by atoms with van der Waals surface area (Å²) in [6.07, 6.45) is 1.62. The molecule has 0 aliphatic carbocycles. The molecular weight excluding hydrogens is 443 g/mol. The summed E-state index contributed by atoms with van der Waals surface area (Å²) in [5.74, 6) is 0.215. The van der Waals surface area contributed by atoms with Crippen LogP contribution >= 0.6 is 11.8 Å². The van der Waals surface area contributed by atoms with E-state index in [9.17, 15) is 22.8 Å². The Morgan fingerprint density at radius 1 is 1.09 bits per heavy atom. The molecule has 2 aromatic carbocycles. The first kappa shape index (κ1) is 21.9. The number of anilines is 1. The Morgan fingerprint density at radius 2 is 1.81 bits per heavy atom. The predicted octanol–water partition coefficient (Wildman–Crippen LogP) is 5.21. The number of ether oxygens (including phenoxy) is 1. The minimum Gasteiger partial charge on any atom is -0.497 e. The van der Waals surface area contributed by atoms with E-state index in [1.54, 1.807) is 38.4 Å². The third-order valence-corrected chi connectivity index (χ3v) is 5.93. The first-order valence-corrected chi connectivity index (χ1v) is 10.4. The third-order valence-electron chi connectivity index (χ3n) is 5.19. The van der Waals surface area contributed by atoms with Crippen LogP contribution in [0.3, 0.4) is 0 Å². The summed E-state index contributed by atoms with van der Waals surface area (Å²) in [4.78, 5) is 32.7. The van der Waals surface area contributed by atoms with E-state index in [-0.39, 0.29) is 28.9 Å². The minimum atomic E-state index is -4.41. The van der Waals surface area contributed by atoms with Crippen LogP contribution in [0.5, 0.6) is 5.75 Å². The zero-order valence-corrected chi connectivity index (χ0v) is 17.9. The van der Waals surface area contributed by atoms with Crippen molar-refractivity contribution in [1.82, 2.24) is 9.88 Å². The number of methoxy groups -OCH3 is 1. The number of nitrogens with zero attached hydrogens (tertiary/aromatic N) is 3. The number of benzene rings is 2. The maximum atomic E-state index is 13.1. The van der Waals surface area contributed by atoms with Gasteiger partial charge in [-0.05, 0) is 66.7 Å². The van der Waals surface area contributed by atoms with Crippen LogP contribution < -0.4 is 9.64 Å². The molecule has 0 spiro atoms. The summed E-state index contributed by atoms with van der Waals surface area (Å²) in [6, 6.07) is 11.1. The molecule has 1 unspecified atom stereocenters. The molecule has 0 bridgehead atoms. The maximum absolute atomic E-state index is 13.1. The Bertz CT molecular complexity index is 1180. The van der Waals surface area contributed by atoms with Crippen LogP contribution in [0.15, 0.2) is 59.6 Å². The molecule has 2 heterocycles. The number of carbonyl (C=O) groups is 2. The van der Waals surface area contributed by atoms with Crippen molar-refractivity contribution in [3.05, 3.63) is 60.3 Å². The van der Waals surface area contributed by atoms with Gasteiger partial charge < -0.3 is 9.64 Å². The number of thioether (sulfide) groups is 1. The van der Waals surface area contributed by atoms with Gasteiger partial charge >= 0.3 is 11.5 Å². The van der Waals surface area contributed by atoms with Crippen LogP contribution in [0.1, 0.15) is 12.5 Å². The highest BCUT2D eigenvalue weighted by Crippen LogP contribution is 2.38. The molecule has 10 heteroatoms. The van der Waals surface area contributed by atoms with E-state index in [0.717, 1.165) is 15.8 Å². The van der Waals surface area contributed by atoms with Crippen LogP contribution in [-0.2, 0) is 11.3 Å². The van der Waals surface area contributed by atoms with Crippen LogP contribution in [0.25, 0.3) is 10.9 Å². The molecule has 166 valence electrons. The van der Waals surface area contributed by atoms with Crippen molar-refractivity contribution < 1.29 is 27.5 Å². The number of alkyl halides is 3. The lowest BCUT2D eigenvalue weighted by atomic mass is 10.1. The van der Waals surface area contributed by atoms with Gasteiger partial charge in [-0.15, -0.1) is 0 Å². The van der Waals surface area contributed by atoms with E-state index in [4.69, 9.17) is 4.74 Å². The van der Waals surface area contributed by atoms with Crippen molar-refractivity contribution in [2.24, 2.45) is 0 Å². The van der Waals surface area contributed by atoms with Gasteiger partial charge in [-0.25, -0.2) is 9.69 Å². The molecule has 1 saturated heterocycles. The monoisotopic (exact) mass is 461 g/mol. The fraction of sp³-hybridized carbons (Fsp3) is 0.227. The Balaban J connectivity index is 1.59. The SMILES string of the molecule is COc1ccc2c(CN3C(=O)N(c4ccc(SC(F)(F)F)cc4)C(=O)C3C)ccnc2c1. The smallest absolute Gasteiger partial charge is 0.446 e. The molecule has 1 aliphatic rings. The number of amides is 3. The second-order valence-electron chi connectivity index (χ2n) is 7.15. The fourth-order valence-electron chi connectivity index (χ4n) is 3.58. The molecule has 32 heavy (non-hydrogen) atoms. The topological polar surface area (TPSA) is 62.7 Å². The molecule has 0 radical (unpaired) electrons. The largest absolute Gasteiger partial charge is 0.497 e. The van der Waals surface area contributed by atoms with E-state index in [1.165, 1.54) is 29.2 Å². The van der Waals surface area contributed by atoms with E-state index >= 15 is 0 Å². The summed E-state index contributed by atoms with van der Waals surface area (Å²) >= 11 is -0.254. The van der Waals surface area contributed by atoms with E-state index in [0.29, 0.717) is 11.3 Å². The quantitative estimate of drug-likeness (QED) is 0.386. The van der Waals surface area contributed by atoms with Gasteiger partial charge in [-0.1, -0.05) is 0 Å². The number of urea groups is 1. The number of hydrogen-bond acceptors (Lipinski definition) is 5. The van der Waals surface area contributed by atoms with Gasteiger partial charge in [0.1, 0.15) is 11.8 Å². The Hall–Kier alpha value is -3.27. The fourth-order valence-corrected chi connectivity index (χ4v) is 4.12. The van der Waals surface area contributed by atoms with Crippen LogP contribution in [-0.4, -0.2) is 40.5 Å². The van der Waals surface area contributed by atoms with E-state index in [1.807, 2.05) is 6.07 Å². The summed E-state index contributed by atoms with van der Waals surface area (Å²) in [6.45, 7) is 1.80.